The second-order valence-electron chi connectivity index (χ2n) is 7.04. The van der Waals surface area contributed by atoms with Gasteiger partial charge in [-0.3, -0.25) is 14.2 Å². The van der Waals surface area contributed by atoms with E-state index in [4.69, 9.17) is 9.15 Å². The van der Waals surface area contributed by atoms with E-state index in [0.717, 1.165) is 0 Å². The van der Waals surface area contributed by atoms with Crippen LogP contribution in [0, 0.1) is 0 Å². The number of benzene rings is 1. The molecule has 0 spiro atoms. The molecule has 10 heteroatoms. The van der Waals surface area contributed by atoms with Crippen LogP contribution in [0.25, 0.3) is 21.5 Å². The largest absolute Gasteiger partial charge is 0.464 e. The van der Waals surface area contributed by atoms with Gasteiger partial charge in [0.2, 0.25) is 5.91 Å². The molecule has 34 heavy (non-hydrogen) atoms. The smallest absolute Gasteiger partial charge is 0.338 e. The van der Waals surface area contributed by atoms with Crippen LogP contribution in [0.1, 0.15) is 17.3 Å². The number of nitrogens with zero attached hydrogens (tertiary/aromatic N) is 2. The average Bonchev–Trinajstić information content (AvgIpc) is 3.50. The van der Waals surface area contributed by atoms with E-state index < -0.39 is 5.97 Å². The van der Waals surface area contributed by atoms with Crippen molar-refractivity contribution in [2.45, 2.75) is 18.6 Å². The Balaban J connectivity index is 1.51. The van der Waals surface area contributed by atoms with Crippen LogP contribution < -0.4 is 10.9 Å². The second kappa shape index (κ2) is 10.5. The standard InChI is InChI=1S/C24H21N3O5S2/c1-3-11-27-22(29)20-17(18-6-5-12-32-18)13-33-21(20)26-24(27)34-14-19(28)25-16-9-7-15(8-10-16)23(30)31-4-2/h3,5-10,12-13H,1,4,11,14H2,2H3,(H,25,28). The van der Waals surface area contributed by atoms with Gasteiger partial charge in [0.25, 0.3) is 5.56 Å². The number of aromatic nitrogens is 2. The van der Waals surface area contributed by atoms with Gasteiger partial charge in [0, 0.05) is 23.2 Å². The summed E-state index contributed by atoms with van der Waals surface area (Å²) in [5.74, 6) is -0.0354. The Morgan fingerprint density at radius 2 is 2.09 bits per heavy atom. The van der Waals surface area contributed by atoms with Gasteiger partial charge in [0.15, 0.2) is 5.16 Å². The van der Waals surface area contributed by atoms with E-state index in [1.165, 1.54) is 27.7 Å². The predicted molar refractivity (Wildman–Crippen MR) is 134 cm³/mol. The zero-order valence-corrected chi connectivity index (χ0v) is 19.9. The van der Waals surface area contributed by atoms with Crippen molar-refractivity contribution in [3.8, 4) is 11.3 Å². The van der Waals surface area contributed by atoms with E-state index >= 15 is 0 Å². The fourth-order valence-electron chi connectivity index (χ4n) is 3.25. The highest BCUT2D eigenvalue weighted by Crippen LogP contribution is 2.32. The summed E-state index contributed by atoms with van der Waals surface area (Å²) < 4.78 is 11.9. The SMILES string of the molecule is C=CCn1c(SCC(=O)Nc2ccc(C(=O)OCC)cc2)nc2scc(-c3ccco3)c2c1=O. The third-order valence-electron chi connectivity index (χ3n) is 4.77. The second-order valence-corrected chi connectivity index (χ2v) is 8.84. The summed E-state index contributed by atoms with van der Waals surface area (Å²) in [6.45, 7) is 6.02. The lowest BCUT2D eigenvalue weighted by molar-refractivity contribution is -0.113. The number of hydrogen-bond acceptors (Lipinski definition) is 8. The van der Waals surface area contributed by atoms with Gasteiger partial charge in [-0.25, -0.2) is 9.78 Å². The first-order valence-corrected chi connectivity index (χ1v) is 12.2. The van der Waals surface area contributed by atoms with Gasteiger partial charge in [-0.15, -0.1) is 17.9 Å². The van der Waals surface area contributed by atoms with Gasteiger partial charge in [-0.05, 0) is 43.3 Å². The highest BCUT2D eigenvalue weighted by Gasteiger charge is 2.19. The summed E-state index contributed by atoms with van der Waals surface area (Å²) in [5, 5.41) is 5.54. The van der Waals surface area contributed by atoms with E-state index in [2.05, 4.69) is 16.9 Å². The zero-order chi connectivity index (χ0) is 24.1. The maximum absolute atomic E-state index is 13.3. The predicted octanol–water partition coefficient (Wildman–Crippen LogP) is 4.81. The number of nitrogens with one attached hydrogen (secondary N) is 1. The maximum atomic E-state index is 13.3. The van der Waals surface area contributed by atoms with Gasteiger partial charge >= 0.3 is 5.97 Å². The fourth-order valence-corrected chi connectivity index (χ4v) is 5.03. The van der Waals surface area contributed by atoms with Gasteiger partial charge in [0.05, 0.1) is 29.6 Å². The molecule has 0 aliphatic rings. The number of thiophene rings is 1. The molecule has 0 unspecified atom stereocenters. The number of carbonyl (C=O) groups excluding carboxylic acids is 2. The van der Waals surface area contributed by atoms with Crippen molar-refractivity contribution in [3.05, 3.63) is 76.6 Å². The molecule has 0 bridgehead atoms. The Hall–Kier alpha value is -3.63. The molecule has 4 rings (SSSR count). The summed E-state index contributed by atoms with van der Waals surface area (Å²) in [4.78, 5) is 42.8. The van der Waals surface area contributed by atoms with Crippen LogP contribution in [0.15, 0.2) is 75.1 Å². The number of esters is 1. The Labute approximate surface area is 203 Å². The van der Waals surface area contributed by atoms with Crippen molar-refractivity contribution in [2.24, 2.45) is 0 Å². The lowest BCUT2D eigenvalue weighted by atomic mass is 10.2. The number of furan rings is 1. The maximum Gasteiger partial charge on any atom is 0.338 e. The number of allylic oxidation sites excluding steroid dienone is 1. The van der Waals surface area contributed by atoms with Crippen molar-refractivity contribution in [2.75, 3.05) is 17.7 Å². The number of hydrogen-bond donors (Lipinski definition) is 1. The lowest BCUT2D eigenvalue weighted by Crippen LogP contribution is -2.23. The summed E-state index contributed by atoms with van der Waals surface area (Å²) in [6.07, 6.45) is 3.17. The summed E-state index contributed by atoms with van der Waals surface area (Å²) in [5.41, 5.74) is 1.44. The van der Waals surface area contributed by atoms with Crippen LogP contribution in [-0.2, 0) is 16.1 Å². The van der Waals surface area contributed by atoms with Gasteiger partial charge in [-0.1, -0.05) is 17.8 Å². The Morgan fingerprint density at radius 3 is 2.76 bits per heavy atom. The average molecular weight is 496 g/mol. The zero-order valence-electron chi connectivity index (χ0n) is 18.3. The van der Waals surface area contributed by atoms with Crippen LogP contribution in [-0.4, -0.2) is 33.8 Å². The first-order chi connectivity index (χ1) is 16.5. The Kier molecular flexibility index (Phi) is 7.29. The van der Waals surface area contributed by atoms with E-state index in [-0.39, 0.29) is 23.8 Å². The highest BCUT2D eigenvalue weighted by molar-refractivity contribution is 7.99. The van der Waals surface area contributed by atoms with Gasteiger partial charge < -0.3 is 14.5 Å². The molecule has 0 saturated carbocycles. The van der Waals surface area contributed by atoms with Gasteiger partial charge in [0.1, 0.15) is 10.6 Å². The number of fused-ring (bicyclic) bond motifs is 1. The van der Waals surface area contributed by atoms with Crippen molar-refractivity contribution in [1.82, 2.24) is 9.55 Å². The molecule has 8 nitrogen and oxygen atoms in total. The molecule has 0 radical (unpaired) electrons. The highest BCUT2D eigenvalue weighted by atomic mass is 32.2. The third kappa shape index (κ3) is 4.97. The quantitative estimate of drug-likeness (QED) is 0.154. The topological polar surface area (TPSA) is 103 Å². The monoisotopic (exact) mass is 495 g/mol. The van der Waals surface area contributed by atoms with Crippen LogP contribution >= 0.6 is 23.1 Å². The first-order valence-electron chi connectivity index (χ1n) is 10.4. The third-order valence-corrected chi connectivity index (χ3v) is 6.62. The molecule has 4 aromatic rings. The number of carbonyl (C=O) groups is 2. The molecule has 1 N–H and O–H groups in total. The van der Waals surface area contributed by atoms with E-state index in [1.54, 1.807) is 55.7 Å². The molecule has 3 heterocycles. The number of anilines is 1. The molecule has 3 aromatic heterocycles. The van der Waals surface area contributed by atoms with Crippen LogP contribution in [0.3, 0.4) is 0 Å². The molecular weight excluding hydrogens is 474 g/mol. The Morgan fingerprint density at radius 1 is 1.29 bits per heavy atom. The number of amides is 1. The van der Waals surface area contributed by atoms with Crippen LogP contribution in [0.5, 0.6) is 0 Å². The van der Waals surface area contributed by atoms with E-state index in [9.17, 15) is 14.4 Å². The molecule has 0 fully saturated rings. The Bertz CT molecular complexity index is 1390. The number of ether oxygens (including phenoxy) is 1. The molecule has 174 valence electrons. The molecule has 1 amide bonds. The minimum Gasteiger partial charge on any atom is -0.464 e. The van der Waals surface area contributed by atoms with Crippen LogP contribution in [0.4, 0.5) is 5.69 Å². The van der Waals surface area contributed by atoms with Crippen molar-refractivity contribution < 1.29 is 18.7 Å². The van der Waals surface area contributed by atoms with E-state index in [1.807, 2.05) is 5.38 Å². The lowest BCUT2D eigenvalue weighted by Gasteiger charge is -2.11. The summed E-state index contributed by atoms with van der Waals surface area (Å²) in [6, 6.07) is 10.0. The minimum atomic E-state index is -0.415. The molecule has 0 atom stereocenters. The molecule has 0 saturated heterocycles. The minimum absolute atomic E-state index is 0.0468. The number of thioether (sulfide) groups is 1. The van der Waals surface area contributed by atoms with Crippen molar-refractivity contribution >= 4 is 50.9 Å². The number of rotatable bonds is 9. The first kappa shape index (κ1) is 23.5. The molecular formula is C24H21N3O5S2. The van der Waals surface area contributed by atoms with Gasteiger partial charge in [-0.2, -0.15) is 0 Å². The summed E-state index contributed by atoms with van der Waals surface area (Å²) in [7, 11) is 0. The molecule has 0 aliphatic heterocycles. The fraction of sp³-hybridized carbons (Fsp3) is 0.167. The summed E-state index contributed by atoms with van der Waals surface area (Å²) >= 11 is 2.52. The van der Waals surface area contributed by atoms with Crippen LogP contribution in [0.2, 0.25) is 0 Å². The van der Waals surface area contributed by atoms with Crippen molar-refractivity contribution in [3.63, 3.8) is 0 Å². The normalized spacial score (nSPS) is 10.9. The van der Waals surface area contributed by atoms with E-state index in [0.29, 0.717) is 44.6 Å². The molecule has 0 aliphatic carbocycles. The molecule has 1 aromatic carbocycles. The van der Waals surface area contributed by atoms with Crippen molar-refractivity contribution in [1.29, 1.82) is 0 Å².